The normalized spacial score (nSPS) is 10.4. The first kappa shape index (κ1) is 12.6. The first-order valence-electron chi connectivity index (χ1n) is 5.39. The third kappa shape index (κ3) is 2.68. The Morgan fingerprint density at radius 1 is 1.56 bits per heavy atom. The van der Waals surface area contributed by atoms with E-state index >= 15 is 0 Å². The van der Waals surface area contributed by atoms with Crippen molar-refractivity contribution in [3.05, 3.63) is 47.0 Å². The molecule has 6 heteroatoms. The second kappa shape index (κ2) is 5.18. The second-order valence-corrected chi connectivity index (χ2v) is 4.07. The third-order valence-corrected chi connectivity index (χ3v) is 2.70. The third-order valence-electron chi connectivity index (χ3n) is 2.39. The van der Waals surface area contributed by atoms with Gasteiger partial charge in [0.05, 0.1) is 22.5 Å². The van der Waals surface area contributed by atoms with Crippen molar-refractivity contribution < 1.29 is 9.18 Å². The summed E-state index contributed by atoms with van der Waals surface area (Å²) >= 11 is 5.80. The lowest BCUT2D eigenvalue weighted by molar-refractivity contribution is 0.102. The summed E-state index contributed by atoms with van der Waals surface area (Å²) in [5, 5.41) is 6.75. The molecule has 1 heterocycles. The number of amides is 1. The average molecular weight is 268 g/mol. The Bertz CT molecular complexity index is 582. The quantitative estimate of drug-likeness (QED) is 0.929. The van der Waals surface area contributed by atoms with Crippen molar-refractivity contribution in [3.8, 4) is 0 Å². The molecule has 2 rings (SSSR count). The largest absolute Gasteiger partial charge is 0.319 e. The Kier molecular flexibility index (Phi) is 3.62. The molecule has 0 spiro atoms. The van der Waals surface area contributed by atoms with Crippen molar-refractivity contribution >= 4 is 23.2 Å². The van der Waals surface area contributed by atoms with E-state index in [2.05, 4.69) is 10.4 Å². The maximum atomic E-state index is 12.9. The van der Waals surface area contributed by atoms with Crippen LogP contribution in [0.15, 0.2) is 30.6 Å². The summed E-state index contributed by atoms with van der Waals surface area (Å²) in [6, 6.07) is 3.64. The zero-order valence-corrected chi connectivity index (χ0v) is 10.4. The summed E-state index contributed by atoms with van der Waals surface area (Å²) in [7, 11) is 0. The van der Waals surface area contributed by atoms with Gasteiger partial charge in [0.2, 0.25) is 0 Å². The molecule has 1 aromatic heterocycles. The highest BCUT2D eigenvalue weighted by molar-refractivity contribution is 6.34. The number of carbonyl (C=O) groups excluding carboxylic acids is 1. The van der Waals surface area contributed by atoms with Crippen molar-refractivity contribution in [3.63, 3.8) is 0 Å². The van der Waals surface area contributed by atoms with Gasteiger partial charge in [0.25, 0.3) is 5.91 Å². The molecule has 0 saturated carbocycles. The molecule has 0 bridgehead atoms. The summed E-state index contributed by atoms with van der Waals surface area (Å²) in [6.07, 6.45) is 3.24. The van der Waals surface area contributed by atoms with Crippen molar-refractivity contribution in [2.45, 2.75) is 13.5 Å². The van der Waals surface area contributed by atoms with E-state index in [-0.39, 0.29) is 10.6 Å². The Balaban J connectivity index is 2.16. The molecule has 94 valence electrons. The number of nitrogens with one attached hydrogen (secondary N) is 1. The van der Waals surface area contributed by atoms with Crippen LogP contribution in [0.25, 0.3) is 0 Å². The number of aryl methyl sites for hydroxylation is 1. The molecular weight excluding hydrogens is 257 g/mol. The number of anilines is 1. The number of benzene rings is 1. The molecule has 0 aliphatic carbocycles. The minimum absolute atomic E-state index is 0.0791. The lowest BCUT2D eigenvalue weighted by Gasteiger charge is -2.04. The van der Waals surface area contributed by atoms with Crippen molar-refractivity contribution in [2.24, 2.45) is 0 Å². The van der Waals surface area contributed by atoms with Crippen LogP contribution in [0.1, 0.15) is 17.3 Å². The van der Waals surface area contributed by atoms with Crippen LogP contribution >= 0.6 is 11.6 Å². The standard InChI is InChI=1S/C12H11ClFN3O/c1-2-17-7-9(6-15-17)16-12(18)10-4-3-8(14)5-11(10)13/h3-7H,2H2,1H3,(H,16,18). The Morgan fingerprint density at radius 3 is 2.94 bits per heavy atom. The van der Waals surface area contributed by atoms with Crippen LogP contribution in [-0.4, -0.2) is 15.7 Å². The Hall–Kier alpha value is -1.88. The van der Waals surface area contributed by atoms with Crippen LogP contribution in [0.5, 0.6) is 0 Å². The van der Waals surface area contributed by atoms with Gasteiger partial charge in [-0.1, -0.05) is 11.6 Å². The van der Waals surface area contributed by atoms with E-state index in [4.69, 9.17) is 11.6 Å². The fourth-order valence-electron chi connectivity index (χ4n) is 1.47. The van der Waals surface area contributed by atoms with Crippen LogP contribution in [0.4, 0.5) is 10.1 Å². The number of carbonyl (C=O) groups is 1. The molecular formula is C12H11ClFN3O. The zero-order chi connectivity index (χ0) is 13.1. The highest BCUT2D eigenvalue weighted by Gasteiger charge is 2.12. The van der Waals surface area contributed by atoms with Crippen LogP contribution < -0.4 is 5.32 Å². The predicted octanol–water partition coefficient (Wildman–Crippen LogP) is 2.95. The Morgan fingerprint density at radius 2 is 2.33 bits per heavy atom. The van der Waals surface area contributed by atoms with Crippen molar-refractivity contribution in [2.75, 3.05) is 5.32 Å². The summed E-state index contributed by atoms with van der Waals surface area (Å²) in [6.45, 7) is 2.66. The minimum atomic E-state index is -0.477. The molecule has 0 radical (unpaired) electrons. The van der Waals surface area contributed by atoms with Crippen LogP contribution in [0.2, 0.25) is 5.02 Å². The molecule has 18 heavy (non-hydrogen) atoms. The van der Waals surface area contributed by atoms with E-state index in [0.29, 0.717) is 12.2 Å². The Labute approximate surface area is 108 Å². The first-order chi connectivity index (χ1) is 8.60. The van der Waals surface area contributed by atoms with E-state index in [9.17, 15) is 9.18 Å². The summed E-state index contributed by atoms with van der Waals surface area (Å²) in [5.41, 5.74) is 0.796. The molecule has 1 N–H and O–H groups in total. The van der Waals surface area contributed by atoms with Crippen LogP contribution in [0.3, 0.4) is 0 Å². The number of hydrogen-bond donors (Lipinski definition) is 1. The van der Waals surface area contributed by atoms with E-state index in [1.54, 1.807) is 17.1 Å². The smallest absolute Gasteiger partial charge is 0.257 e. The van der Waals surface area contributed by atoms with Gasteiger partial charge < -0.3 is 5.32 Å². The zero-order valence-electron chi connectivity index (χ0n) is 9.65. The molecule has 1 amide bonds. The minimum Gasteiger partial charge on any atom is -0.319 e. The van der Waals surface area contributed by atoms with Gasteiger partial charge in [0, 0.05) is 12.7 Å². The van der Waals surface area contributed by atoms with Gasteiger partial charge >= 0.3 is 0 Å². The fraction of sp³-hybridized carbons (Fsp3) is 0.167. The predicted molar refractivity (Wildman–Crippen MR) is 67.3 cm³/mol. The van der Waals surface area contributed by atoms with Gasteiger partial charge in [-0.15, -0.1) is 0 Å². The van der Waals surface area contributed by atoms with Gasteiger partial charge in [-0.05, 0) is 25.1 Å². The maximum absolute atomic E-state index is 12.9. The van der Waals surface area contributed by atoms with E-state index in [1.165, 1.54) is 12.1 Å². The summed E-state index contributed by atoms with van der Waals surface area (Å²) < 4.78 is 14.5. The monoisotopic (exact) mass is 267 g/mol. The highest BCUT2D eigenvalue weighted by atomic mass is 35.5. The van der Waals surface area contributed by atoms with Gasteiger partial charge in [-0.3, -0.25) is 9.48 Å². The summed E-state index contributed by atoms with van der Waals surface area (Å²) in [4.78, 5) is 11.9. The van der Waals surface area contributed by atoms with Gasteiger partial charge in [-0.2, -0.15) is 5.10 Å². The number of nitrogens with zero attached hydrogens (tertiary/aromatic N) is 2. The van der Waals surface area contributed by atoms with Crippen LogP contribution in [-0.2, 0) is 6.54 Å². The number of hydrogen-bond acceptors (Lipinski definition) is 2. The molecule has 1 aromatic carbocycles. The molecule has 0 atom stereocenters. The molecule has 0 unspecified atom stereocenters. The average Bonchev–Trinajstić information content (AvgIpc) is 2.76. The van der Waals surface area contributed by atoms with E-state index in [1.807, 2.05) is 6.92 Å². The highest BCUT2D eigenvalue weighted by Crippen LogP contribution is 2.18. The van der Waals surface area contributed by atoms with Gasteiger partial charge in [0.15, 0.2) is 0 Å². The SMILES string of the molecule is CCn1cc(NC(=O)c2ccc(F)cc2Cl)cn1. The lowest BCUT2D eigenvalue weighted by Crippen LogP contribution is -2.12. The fourth-order valence-corrected chi connectivity index (χ4v) is 1.73. The van der Waals surface area contributed by atoms with Crippen molar-refractivity contribution in [1.82, 2.24) is 9.78 Å². The number of halogens is 2. The molecule has 0 saturated heterocycles. The first-order valence-corrected chi connectivity index (χ1v) is 5.77. The topological polar surface area (TPSA) is 46.9 Å². The maximum Gasteiger partial charge on any atom is 0.257 e. The van der Waals surface area contributed by atoms with Crippen LogP contribution in [0, 0.1) is 5.82 Å². The summed E-state index contributed by atoms with van der Waals surface area (Å²) in [5.74, 6) is -0.869. The molecule has 4 nitrogen and oxygen atoms in total. The second-order valence-electron chi connectivity index (χ2n) is 3.66. The lowest BCUT2D eigenvalue weighted by atomic mass is 10.2. The molecule has 0 aliphatic rings. The van der Waals surface area contributed by atoms with Gasteiger partial charge in [0.1, 0.15) is 5.82 Å². The molecule has 2 aromatic rings. The molecule has 0 fully saturated rings. The van der Waals surface area contributed by atoms with E-state index < -0.39 is 11.7 Å². The van der Waals surface area contributed by atoms with Crippen molar-refractivity contribution in [1.29, 1.82) is 0 Å². The number of aromatic nitrogens is 2. The number of rotatable bonds is 3. The van der Waals surface area contributed by atoms with E-state index in [0.717, 1.165) is 6.07 Å². The van der Waals surface area contributed by atoms with Gasteiger partial charge in [-0.25, -0.2) is 4.39 Å². The molecule has 0 aliphatic heterocycles.